The number of rotatable bonds is 13. The highest BCUT2D eigenvalue weighted by Gasteiger charge is 1.95. The Kier molecular flexibility index (Phi) is 11.6. The lowest BCUT2D eigenvalue weighted by molar-refractivity contribution is -0.671. The molecule has 20 heavy (non-hydrogen) atoms. The number of hydrogen-bond donors (Lipinski definition) is 2. The lowest BCUT2D eigenvalue weighted by atomic mass is 10.1. The molecule has 1 aromatic rings. The minimum Gasteiger partial charge on any atom is -0.343 e. The summed E-state index contributed by atoms with van der Waals surface area (Å²) in [5.41, 5.74) is 1.43. The molecule has 111 valence electrons. The molecule has 0 aliphatic heterocycles. The molecular weight excluding hydrogens is 260 g/mol. The highest BCUT2D eigenvalue weighted by Crippen LogP contribution is 2.06. The van der Waals surface area contributed by atoms with Crippen molar-refractivity contribution >= 4 is 10.2 Å². The Balaban J connectivity index is 1.77. The van der Waals surface area contributed by atoms with Gasteiger partial charge in [-0.1, -0.05) is 56.0 Å². The summed E-state index contributed by atoms with van der Waals surface area (Å²) >= 11 is 0. The molecule has 2 nitrogen and oxygen atoms in total. The summed E-state index contributed by atoms with van der Waals surface area (Å²) in [6.07, 6.45) is 10.6. The van der Waals surface area contributed by atoms with E-state index in [0.29, 0.717) is 0 Å². The monoisotopic (exact) mass is 290 g/mol. The van der Waals surface area contributed by atoms with E-state index < -0.39 is 0 Å². The summed E-state index contributed by atoms with van der Waals surface area (Å²) in [4.78, 5) is 0. The molecule has 0 saturated carbocycles. The first-order chi connectivity index (χ1) is 9.93. The number of benzene rings is 1. The Morgan fingerprint density at radius 2 is 1.50 bits per heavy atom. The zero-order valence-corrected chi connectivity index (χ0v) is 13.7. The Morgan fingerprint density at radius 3 is 2.20 bits per heavy atom. The van der Waals surface area contributed by atoms with Crippen LogP contribution in [0.5, 0.6) is 0 Å². The van der Waals surface area contributed by atoms with Gasteiger partial charge in [0, 0.05) is 15.8 Å². The summed E-state index contributed by atoms with van der Waals surface area (Å²) in [6.45, 7) is 3.54. The van der Waals surface area contributed by atoms with E-state index in [1.165, 1.54) is 57.1 Å². The van der Waals surface area contributed by atoms with Crippen LogP contribution in [0, 0.1) is 0 Å². The fourth-order valence-electron chi connectivity index (χ4n) is 2.39. The topological polar surface area (TPSA) is 28.6 Å². The van der Waals surface area contributed by atoms with Gasteiger partial charge in [-0.3, -0.25) is 0 Å². The highest BCUT2D eigenvalue weighted by molar-refractivity contribution is 6.08. The lowest BCUT2D eigenvalue weighted by Gasteiger charge is -2.03. The van der Waals surface area contributed by atoms with Crippen molar-refractivity contribution in [3.63, 3.8) is 0 Å². The molecule has 0 bridgehead atoms. The second kappa shape index (κ2) is 13.3. The first kappa shape index (κ1) is 17.4. The third-order valence-corrected chi connectivity index (χ3v) is 3.86. The van der Waals surface area contributed by atoms with Crippen LogP contribution in [0.1, 0.15) is 50.5 Å². The number of unbranched alkanes of at least 4 members (excludes halogenated alkanes) is 6. The van der Waals surface area contributed by atoms with E-state index in [2.05, 4.69) is 51.2 Å². The molecule has 3 radical (unpaired) electrons. The average Bonchev–Trinajstić information content (AvgIpc) is 2.49. The standard InChI is InChI=1S/C17H29N2Si/c20-16-19-14-10-5-3-1-2-4-9-13-18-15-17-11-7-6-8-12-17/h6-8,11-12,18-19H,1-5,9-10,13-16H2/p+1. The lowest BCUT2D eigenvalue weighted by Crippen LogP contribution is -2.82. The van der Waals surface area contributed by atoms with Gasteiger partial charge in [0.2, 0.25) is 0 Å². The molecule has 0 atom stereocenters. The molecule has 0 unspecified atom stereocenters. The smallest absolute Gasteiger partial charge is 0.101 e. The van der Waals surface area contributed by atoms with Crippen LogP contribution in [-0.2, 0) is 6.54 Å². The molecule has 0 aromatic heterocycles. The van der Waals surface area contributed by atoms with Crippen LogP contribution in [0.4, 0.5) is 0 Å². The van der Waals surface area contributed by atoms with Gasteiger partial charge in [0.1, 0.15) is 6.54 Å². The van der Waals surface area contributed by atoms with Crippen molar-refractivity contribution < 1.29 is 5.32 Å². The van der Waals surface area contributed by atoms with Gasteiger partial charge in [0.15, 0.2) is 0 Å². The minimum atomic E-state index is 0.916. The van der Waals surface area contributed by atoms with E-state index in [1.54, 1.807) is 0 Å². The molecule has 1 rings (SSSR count). The maximum atomic E-state index is 3.42. The molecule has 1 aromatic carbocycles. The summed E-state index contributed by atoms with van der Waals surface area (Å²) in [7, 11) is 3.42. The van der Waals surface area contributed by atoms with Crippen molar-refractivity contribution in [3.8, 4) is 0 Å². The normalized spacial score (nSPS) is 10.8. The van der Waals surface area contributed by atoms with Gasteiger partial charge in [0.05, 0.1) is 6.54 Å². The fourth-order valence-corrected chi connectivity index (χ4v) is 2.57. The molecule has 0 heterocycles. The van der Waals surface area contributed by atoms with Crippen molar-refractivity contribution in [2.45, 2.75) is 51.5 Å². The Morgan fingerprint density at radius 1 is 0.850 bits per heavy atom. The van der Waals surface area contributed by atoms with Gasteiger partial charge >= 0.3 is 0 Å². The fraction of sp³-hybridized carbons (Fsp3) is 0.647. The van der Waals surface area contributed by atoms with E-state index in [0.717, 1.165) is 19.3 Å². The van der Waals surface area contributed by atoms with Crippen molar-refractivity contribution in [1.82, 2.24) is 5.32 Å². The van der Waals surface area contributed by atoms with E-state index in [1.807, 2.05) is 0 Å². The Labute approximate surface area is 128 Å². The number of hydrogen-bond acceptors (Lipinski definition) is 1. The quantitative estimate of drug-likeness (QED) is 0.423. The van der Waals surface area contributed by atoms with E-state index in [-0.39, 0.29) is 0 Å². The van der Waals surface area contributed by atoms with Crippen LogP contribution in [-0.4, -0.2) is 29.5 Å². The molecule has 3 N–H and O–H groups in total. The van der Waals surface area contributed by atoms with Crippen LogP contribution in [0.2, 0.25) is 0 Å². The Bertz CT molecular complexity index is 303. The summed E-state index contributed by atoms with van der Waals surface area (Å²) in [5.74, 6) is 0. The average molecular weight is 291 g/mol. The second-order valence-corrected chi connectivity index (χ2v) is 5.77. The molecule has 0 aliphatic carbocycles. The van der Waals surface area contributed by atoms with Gasteiger partial charge in [0.25, 0.3) is 0 Å². The zero-order valence-electron chi connectivity index (χ0n) is 12.7. The van der Waals surface area contributed by atoms with Crippen LogP contribution in [0.15, 0.2) is 30.3 Å². The van der Waals surface area contributed by atoms with E-state index >= 15 is 0 Å². The minimum absolute atomic E-state index is 0.916. The summed E-state index contributed by atoms with van der Waals surface area (Å²) < 4.78 is 0. The third-order valence-electron chi connectivity index (χ3n) is 3.61. The molecule has 3 heteroatoms. The zero-order chi connectivity index (χ0) is 14.3. The maximum Gasteiger partial charge on any atom is 0.101 e. The molecular formula is C17H30N2Si+. The molecule has 0 amide bonds. The van der Waals surface area contributed by atoms with E-state index in [4.69, 9.17) is 0 Å². The predicted molar refractivity (Wildman–Crippen MR) is 87.9 cm³/mol. The van der Waals surface area contributed by atoms with Gasteiger partial charge in [-0.15, -0.1) is 0 Å². The van der Waals surface area contributed by atoms with Gasteiger partial charge in [-0.25, -0.2) is 0 Å². The van der Waals surface area contributed by atoms with Crippen LogP contribution in [0.3, 0.4) is 0 Å². The number of nitrogens with two attached hydrogens (primary N) is 1. The first-order valence-corrected chi connectivity index (χ1v) is 8.85. The SMILES string of the molecule is [Si]CNCCCCCCCCC[NH2+]Cc1ccccc1. The molecule has 0 saturated heterocycles. The van der Waals surface area contributed by atoms with Gasteiger partial charge in [-0.2, -0.15) is 0 Å². The summed E-state index contributed by atoms with van der Waals surface area (Å²) in [5, 5.41) is 5.73. The molecule has 0 fully saturated rings. The molecule has 0 aliphatic rings. The van der Waals surface area contributed by atoms with Crippen LogP contribution >= 0.6 is 0 Å². The van der Waals surface area contributed by atoms with Crippen LogP contribution in [0.25, 0.3) is 0 Å². The van der Waals surface area contributed by atoms with Crippen molar-refractivity contribution in [1.29, 1.82) is 0 Å². The Hall–Kier alpha value is -0.643. The predicted octanol–water partition coefficient (Wildman–Crippen LogP) is 2.20. The van der Waals surface area contributed by atoms with Crippen LogP contribution < -0.4 is 10.6 Å². The second-order valence-electron chi connectivity index (χ2n) is 5.42. The van der Waals surface area contributed by atoms with Crippen molar-refractivity contribution in [2.75, 3.05) is 19.3 Å². The third kappa shape index (κ3) is 10.2. The van der Waals surface area contributed by atoms with Crippen molar-refractivity contribution in [3.05, 3.63) is 35.9 Å². The largest absolute Gasteiger partial charge is 0.343 e. The number of quaternary nitrogens is 1. The molecule has 0 spiro atoms. The van der Waals surface area contributed by atoms with Gasteiger partial charge < -0.3 is 10.6 Å². The summed E-state index contributed by atoms with van der Waals surface area (Å²) in [6, 6.07) is 10.7. The first-order valence-electron chi connectivity index (χ1n) is 8.14. The van der Waals surface area contributed by atoms with E-state index in [9.17, 15) is 0 Å². The maximum absolute atomic E-state index is 3.42. The highest BCUT2D eigenvalue weighted by atomic mass is 28.1. The van der Waals surface area contributed by atoms with Gasteiger partial charge in [-0.05, 0) is 32.0 Å². The van der Waals surface area contributed by atoms with Crippen molar-refractivity contribution in [2.24, 2.45) is 0 Å². The number of nitrogens with one attached hydrogen (secondary N) is 1.